The number of piperazine rings is 1. The Morgan fingerprint density at radius 1 is 0.921 bits per heavy atom. The van der Waals surface area contributed by atoms with Gasteiger partial charge in [0.25, 0.3) is 5.91 Å². The molecule has 0 aromatic carbocycles. The van der Waals surface area contributed by atoms with Gasteiger partial charge in [0.15, 0.2) is 11.6 Å². The first-order valence-electron chi connectivity index (χ1n) is 14.4. The molecule has 1 N–H and O–H groups in total. The molecule has 2 aromatic heterocycles. The minimum Gasteiger partial charge on any atom is -0.489 e. The molecule has 1 aliphatic carbocycles. The fourth-order valence-corrected chi connectivity index (χ4v) is 6.23. The Labute approximate surface area is 225 Å². The summed E-state index contributed by atoms with van der Waals surface area (Å²) in [5.74, 6) is 3.70. The number of anilines is 2. The molecule has 3 fully saturated rings. The number of pyridine rings is 2. The van der Waals surface area contributed by atoms with Crippen LogP contribution in [0.1, 0.15) is 48.0 Å². The zero-order valence-electron chi connectivity index (χ0n) is 22.3. The molecule has 204 valence electrons. The molecule has 9 heteroatoms. The highest BCUT2D eigenvalue weighted by atomic mass is 16.5. The molecule has 9 nitrogen and oxygen atoms in total. The van der Waals surface area contributed by atoms with Crippen LogP contribution in [0.3, 0.4) is 0 Å². The quantitative estimate of drug-likeness (QED) is 0.597. The maximum atomic E-state index is 12.8. The van der Waals surface area contributed by atoms with Crippen LogP contribution in [0, 0.1) is 5.92 Å². The van der Waals surface area contributed by atoms with Crippen molar-refractivity contribution in [2.75, 3.05) is 75.4 Å². The minimum atomic E-state index is -0.00343. The first kappa shape index (κ1) is 25.4. The van der Waals surface area contributed by atoms with Crippen molar-refractivity contribution in [3.8, 4) is 5.75 Å². The molecule has 3 aliphatic heterocycles. The summed E-state index contributed by atoms with van der Waals surface area (Å²) < 4.78 is 11.3. The average Bonchev–Trinajstić information content (AvgIpc) is 3.47. The highest BCUT2D eigenvalue weighted by molar-refractivity contribution is 5.94. The number of carbonyl (C=O) groups is 1. The van der Waals surface area contributed by atoms with E-state index in [0.717, 1.165) is 108 Å². The zero-order valence-corrected chi connectivity index (χ0v) is 22.3. The maximum Gasteiger partial charge on any atom is 0.253 e. The number of ether oxygens (including phenoxy) is 2. The molecule has 0 atom stereocenters. The molecule has 0 radical (unpaired) electrons. The Morgan fingerprint density at radius 3 is 2.50 bits per heavy atom. The van der Waals surface area contributed by atoms with E-state index in [1.807, 2.05) is 18.3 Å². The molecular formula is C29H40N6O3. The van der Waals surface area contributed by atoms with Crippen LogP contribution in [0.2, 0.25) is 0 Å². The summed E-state index contributed by atoms with van der Waals surface area (Å²) in [4.78, 5) is 29.1. The van der Waals surface area contributed by atoms with Gasteiger partial charge in [-0.25, -0.2) is 9.97 Å². The van der Waals surface area contributed by atoms with Gasteiger partial charge in [-0.05, 0) is 62.8 Å². The van der Waals surface area contributed by atoms with E-state index in [4.69, 9.17) is 9.47 Å². The van der Waals surface area contributed by atoms with E-state index in [9.17, 15) is 4.79 Å². The third kappa shape index (κ3) is 5.89. The molecule has 2 aromatic rings. The minimum absolute atomic E-state index is 0.00343. The molecule has 1 amide bonds. The topological polar surface area (TPSA) is 83.1 Å². The van der Waals surface area contributed by atoms with E-state index in [0.29, 0.717) is 5.56 Å². The Hall–Kier alpha value is -2.91. The number of fused-ring (bicyclic) bond motifs is 1. The fraction of sp³-hybridized carbons (Fsp3) is 0.621. The fourth-order valence-electron chi connectivity index (χ4n) is 6.23. The molecule has 0 spiro atoms. The van der Waals surface area contributed by atoms with Gasteiger partial charge >= 0.3 is 0 Å². The first-order valence-corrected chi connectivity index (χ1v) is 14.4. The summed E-state index contributed by atoms with van der Waals surface area (Å²) in [6.45, 7) is 9.26. The van der Waals surface area contributed by atoms with Crippen LogP contribution in [0.15, 0.2) is 30.6 Å². The summed E-state index contributed by atoms with van der Waals surface area (Å²) in [6.07, 6.45) is 10.4. The second-order valence-corrected chi connectivity index (χ2v) is 11.0. The van der Waals surface area contributed by atoms with Gasteiger partial charge in [-0.15, -0.1) is 0 Å². The van der Waals surface area contributed by atoms with Gasteiger partial charge < -0.3 is 24.6 Å². The molecule has 38 heavy (non-hydrogen) atoms. The van der Waals surface area contributed by atoms with Gasteiger partial charge in [0.2, 0.25) is 0 Å². The normalized spacial score (nSPS) is 24.1. The van der Waals surface area contributed by atoms with Gasteiger partial charge in [0, 0.05) is 69.7 Å². The largest absolute Gasteiger partial charge is 0.489 e. The summed E-state index contributed by atoms with van der Waals surface area (Å²) in [5, 5.41) is 3.25. The van der Waals surface area contributed by atoms with E-state index in [1.165, 1.54) is 24.8 Å². The van der Waals surface area contributed by atoms with Gasteiger partial charge in [-0.3, -0.25) is 9.69 Å². The van der Waals surface area contributed by atoms with Crippen LogP contribution in [0.25, 0.3) is 0 Å². The lowest BCUT2D eigenvalue weighted by atomic mass is 9.84. The van der Waals surface area contributed by atoms with Crippen molar-refractivity contribution in [2.24, 2.45) is 5.92 Å². The number of rotatable bonds is 7. The van der Waals surface area contributed by atoms with Crippen molar-refractivity contribution >= 4 is 17.5 Å². The number of morpholine rings is 1. The molecular weight excluding hydrogens is 480 g/mol. The number of aromatic nitrogens is 2. The molecule has 4 aliphatic rings. The molecule has 5 heterocycles. The molecule has 0 bridgehead atoms. The van der Waals surface area contributed by atoms with Crippen LogP contribution >= 0.6 is 0 Å². The standard InChI is InChI=1S/C29H40N6O3/c36-29(24-3-6-26(31-21-24)34-16-19-37-20-17-34)32-25-4-1-22(2-5-25)8-11-33-12-14-35(15-13-33)28-27-23(7-10-30-28)9-18-38-27/h3,6-7,10,21-22,25H,1-2,4-5,8-9,11-20H2,(H,32,36)/t22-,25-. The van der Waals surface area contributed by atoms with E-state index < -0.39 is 0 Å². The van der Waals surface area contributed by atoms with Crippen LogP contribution in [0.5, 0.6) is 5.75 Å². The van der Waals surface area contributed by atoms with Gasteiger partial charge in [-0.2, -0.15) is 0 Å². The van der Waals surface area contributed by atoms with Crippen molar-refractivity contribution in [1.82, 2.24) is 20.2 Å². The van der Waals surface area contributed by atoms with E-state index in [1.54, 1.807) is 6.20 Å². The second-order valence-electron chi connectivity index (χ2n) is 11.0. The van der Waals surface area contributed by atoms with Crippen molar-refractivity contribution in [1.29, 1.82) is 0 Å². The summed E-state index contributed by atoms with van der Waals surface area (Å²) >= 11 is 0. The molecule has 6 rings (SSSR count). The Kier molecular flexibility index (Phi) is 7.92. The zero-order chi connectivity index (χ0) is 25.7. The predicted octanol–water partition coefficient (Wildman–Crippen LogP) is 2.75. The molecule has 2 saturated heterocycles. The Bertz CT molecular complexity index is 1070. The van der Waals surface area contributed by atoms with Gasteiger partial charge in [0.1, 0.15) is 5.82 Å². The highest BCUT2D eigenvalue weighted by Gasteiger charge is 2.27. The lowest BCUT2D eigenvalue weighted by molar-refractivity contribution is 0.0919. The smallest absolute Gasteiger partial charge is 0.253 e. The van der Waals surface area contributed by atoms with E-state index >= 15 is 0 Å². The first-order chi connectivity index (χ1) is 18.7. The van der Waals surface area contributed by atoms with Crippen LogP contribution in [-0.2, 0) is 11.2 Å². The number of hydrogen-bond acceptors (Lipinski definition) is 8. The summed E-state index contributed by atoms with van der Waals surface area (Å²) in [6, 6.07) is 6.20. The molecule has 0 unspecified atom stereocenters. The van der Waals surface area contributed by atoms with E-state index in [-0.39, 0.29) is 11.9 Å². The summed E-state index contributed by atoms with van der Waals surface area (Å²) in [5.41, 5.74) is 1.94. The average molecular weight is 521 g/mol. The third-order valence-electron chi connectivity index (χ3n) is 8.64. The van der Waals surface area contributed by atoms with Crippen LogP contribution in [0.4, 0.5) is 11.6 Å². The number of nitrogens with zero attached hydrogens (tertiary/aromatic N) is 5. The SMILES string of the molecule is O=C(N[C@H]1CC[C@H](CCN2CCN(c3nccc4c3OCC4)CC2)CC1)c1ccc(N2CCOCC2)nc1. The highest BCUT2D eigenvalue weighted by Crippen LogP contribution is 2.34. The van der Waals surface area contributed by atoms with Crippen molar-refractivity contribution in [3.05, 3.63) is 41.7 Å². The Balaban J connectivity index is 0.898. The van der Waals surface area contributed by atoms with Crippen molar-refractivity contribution < 1.29 is 14.3 Å². The van der Waals surface area contributed by atoms with Crippen molar-refractivity contribution in [2.45, 2.75) is 44.6 Å². The maximum absolute atomic E-state index is 12.8. The summed E-state index contributed by atoms with van der Waals surface area (Å²) in [7, 11) is 0. The molecule has 1 saturated carbocycles. The Morgan fingerprint density at radius 2 is 1.74 bits per heavy atom. The second kappa shape index (κ2) is 11.9. The van der Waals surface area contributed by atoms with Crippen molar-refractivity contribution in [3.63, 3.8) is 0 Å². The van der Waals surface area contributed by atoms with E-state index in [2.05, 4.69) is 36.1 Å². The monoisotopic (exact) mass is 520 g/mol. The number of carbonyl (C=O) groups excluding carboxylic acids is 1. The predicted molar refractivity (Wildman–Crippen MR) is 147 cm³/mol. The van der Waals surface area contributed by atoms with Gasteiger partial charge in [-0.1, -0.05) is 0 Å². The lowest BCUT2D eigenvalue weighted by Crippen LogP contribution is -2.47. The lowest BCUT2D eigenvalue weighted by Gasteiger charge is -2.37. The van der Waals surface area contributed by atoms with Gasteiger partial charge in [0.05, 0.1) is 25.4 Å². The number of hydrogen-bond donors (Lipinski definition) is 1. The number of amides is 1. The van der Waals surface area contributed by atoms with Crippen LogP contribution in [-0.4, -0.2) is 92.5 Å². The third-order valence-corrected chi connectivity index (χ3v) is 8.64. The van der Waals surface area contributed by atoms with Crippen LogP contribution < -0.4 is 19.9 Å². The number of nitrogens with one attached hydrogen (secondary N) is 1.